The summed E-state index contributed by atoms with van der Waals surface area (Å²) in [5.74, 6) is 0.518. The van der Waals surface area contributed by atoms with Crippen molar-refractivity contribution < 1.29 is 4.39 Å². The number of likely N-dealkylation sites (N-methyl/N-ethyl adjacent to an activating group) is 1. The first-order valence-corrected chi connectivity index (χ1v) is 6.52. The largest absolute Gasteiger partial charge is 0.307 e. The molecular weight excluding hydrogens is 299 g/mol. The molecule has 0 amide bonds. The Morgan fingerprint density at radius 1 is 1.44 bits per heavy atom. The summed E-state index contributed by atoms with van der Waals surface area (Å²) in [6.07, 6.45) is 2.13. The number of rotatable bonds is 5. The molecule has 6 heteroatoms. The van der Waals surface area contributed by atoms with Crippen molar-refractivity contribution in [2.24, 2.45) is 0 Å². The molecule has 18 heavy (non-hydrogen) atoms. The zero-order chi connectivity index (χ0) is 13.0. The van der Waals surface area contributed by atoms with Crippen molar-refractivity contribution in [1.82, 2.24) is 20.5 Å². The second kappa shape index (κ2) is 6.06. The Hall–Kier alpha value is -1.27. The summed E-state index contributed by atoms with van der Waals surface area (Å²) in [6.45, 7) is 2.83. The van der Waals surface area contributed by atoms with E-state index in [0.29, 0.717) is 6.42 Å². The minimum absolute atomic E-state index is 0.00574. The number of hydrogen-bond donors (Lipinski definition) is 2. The topological polar surface area (TPSA) is 53.6 Å². The Bertz CT molecular complexity index is 481. The van der Waals surface area contributed by atoms with Crippen LogP contribution in [0.25, 0.3) is 0 Å². The predicted molar refractivity (Wildman–Crippen MR) is 70.6 cm³/mol. The number of halogens is 2. The molecule has 0 aliphatic rings. The molecule has 0 spiro atoms. The minimum Gasteiger partial charge on any atom is -0.307 e. The zero-order valence-corrected chi connectivity index (χ0v) is 11.5. The average Bonchev–Trinajstić information content (AvgIpc) is 2.80. The van der Waals surface area contributed by atoms with Gasteiger partial charge in [-0.25, -0.2) is 9.37 Å². The normalized spacial score (nSPS) is 12.6. The van der Waals surface area contributed by atoms with E-state index in [4.69, 9.17) is 0 Å². The number of hydrogen-bond acceptors (Lipinski definition) is 3. The van der Waals surface area contributed by atoms with Crippen LogP contribution in [0.1, 0.15) is 24.4 Å². The van der Waals surface area contributed by atoms with Crippen LogP contribution in [0.5, 0.6) is 0 Å². The summed E-state index contributed by atoms with van der Waals surface area (Å²) >= 11 is 3.29. The standard InChI is InChI=1S/C12H14BrFN4/c1-2-15-11(12-16-7-17-18-12)5-8-3-9(13)6-10(14)4-8/h3-4,6-7,11,15H,2,5H2,1H3,(H,16,17,18). The summed E-state index contributed by atoms with van der Waals surface area (Å²) in [4.78, 5) is 4.14. The molecule has 0 aliphatic carbocycles. The third-order valence-electron chi connectivity index (χ3n) is 2.58. The number of aromatic nitrogens is 3. The third kappa shape index (κ3) is 3.36. The van der Waals surface area contributed by atoms with E-state index in [9.17, 15) is 4.39 Å². The Kier molecular flexibility index (Phi) is 4.43. The number of aromatic amines is 1. The lowest BCUT2D eigenvalue weighted by Gasteiger charge is -2.15. The van der Waals surface area contributed by atoms with Crippen molar-refractivity contribution >= 4 is 15.9 Å². The highest BCUT2D eigenvalue weighted by molar-refractivity contribution is 9.10. The molecule has 1 heterocycles. The van der Waals surface area contributed by atoms with Crippen molar-refractivity contribution in [2.75, 3.05) is 6.54 Å². The first-order chi connectivity index (χ1) is 8.69. The van der Waals surface area contributed by atoms with E-state index in [-0.39, 0.29) is 11.9 Å². The molecule has 0 fully saturated rings. The van der Waals surface area contributed by atoms with Crippen LogP contribution in [0.2, 0.25) is 0 Å². The van der Waals surface area contributed by atoms with Crippen molar-refractivity contribution in [3.05, 3.63) is 46.2 Å². The van der Waals surface area contributed by atoms with Gasteiger partial charge in [-0.15, -0.1) is 0 Å². The number of benzene rings is 1. The molecular formula is C12H14BrFN4. The summed E-state index contributed by atoms with van der Waals surface area (Å²) < 4.78 is 14.1. The summed E-state index contributed by atoms with van der Waals surface area (Å²) in [6, 6.07) is 4.89. The van der Waals surface area contributed by atoms with Crippen LogP contribution < -0.4 is 5.32 Å². The smallest absolute Gasteiger partial charge is 0.141 e. The number of nitrogens with one attached hydrogen (secondary N) is 2. The fourth-order valence-corrected chi connectivity index (χ4v) is 2.37. The summed E-state index contributed by atoms with van der Waals surface area (Å²) in [5.41, 5.74) is 0.907. The molecule has 0 aliphatic heterocycles. The maximum Gasteiger partial charge on any atom is 0.141 e. The van der Waals surface area contributed by atoms with Gasteiger partial charge in [0.1, 0.15) is 18.0 Å². The number of nitrogens with zero attached hydrogens (tertiary/aromatic N) is 2. The van der Waals surface area contributed by atoms with Crippen LogP contribution >= 0.6 is 15.9 Å². The van der Waals surface area contributed by atoms with Crippen LogP contribution in [0.3, 0.4) is 0 Å². The van der Waals surface area contributed by atoms with Crippen LogP contribution in [0, 0.1) is 5.82 Å². The molecule has 0 saturated carbocycles. The first kappa shape index (κ1) is 13.2. The minimum atomic E-state index is -0.243. The maximum absolute atomic E-state index is 13.3. The highest BCUT2D eigenvalue weighted by Crippen LogP contribution is 2.20. The van der Waals surface area contributed by atoms with Gasteiger partial charge in [-0.1, -0.05) is 22.9 Å². The predicted octanol–water partition coefficient (Wildman–Crippen LogP) is 2.60. The van der Waals surface area contributed by atoms with E-state index >= 15 is 0 Å². The Balaban J connectivity index is 2.18. The lowest BCUT2D eigenvalue weighted by molar-refractivity contribution is 0.521. The second-order valence-electron chi connectivity index (χ2n) is 3.96. The van der Waals surface area contributed by atoms with E-state index in [1.807, 2.05) is 13.0 Å². The van der Waals surface area contributed by atoms with Crippen LogP contribution in [0.4, 0.5) is 4.39 Å². The highest BCUT2D eigenvalue weighted by atomic mass is 79.9. The molecule has 0 radical (unpaired) electrons. The van der Waals surface area contributed by atoms with Gasteiger partial charge >= 0.3 is 0 Å². The van der Waals surface area contributed by atoms with Crippen LogP contribution in [-0.4, -0.2) is 21.7 Å². The molecule has 2 aromatic rings. The Morgan fingerprint density at radius 3 is 2.89 bits per heavy atom. The van der Waals surface area contributed by atoms with Crippen molar-refractivity contribution in [3.8, 4) is 0 Å². The fraction of sp³-hybridized carbons (Fsp3) is 0.333. The molecule has 4 nitrogen and oxygen atoms in total. The molecule has 2 N–H and O–H groups in total. The number of H-pyrrole nitrogens is 1. The summed E-state index contributed by atoms with van der Waals surface area (Å²) in [5, 5.41) is 9.99. The molecule has 96 valence electrons. The van der Waals surface area contributed by atoms with Gasteiger partial charge in [-0.3, -0.25) is 5.10 Å². The fourth-order valence-electron chi connectivity index (χ4n) is 1.86. The molecule has 0 saturated heterocycles. The molecule has 0 bridgehead atoms. The van der Waals surface area contributed by atoms with E-state index in [2.05, 4.69) is 36.4 Å². The summed E-state index contributed by atoms with van der Waals surface area (Å²) in [7, 11) is 0. The SMILES string of the molecule is CCNC(Cc1cc(F)cc(Br)c1)c1ncn[nH]1. The maximum atomic E-state index is 13.3. The van der Waals surface area contributed by atoms with Crippen molar-refractivity contribution in [1.29, 1.82) is 0 Å². The molecule has 2 rings (SSSR count). The Morgan fingerprint density at radius 2 is 2.28 bits per heavy atom. The third-order valence-corrected chi connectivity index (χ3v) is 3.03. The molecule has 1 atom stereocenters. The van der Waals surface area contributed by atoms with Crippen LogP contribution in [0.15, 0.2) is 29.0 Å². The quantitative estimate of drug-likeness (QED) is 0.892. The monoisotopic (exact) mass is 312 g/mol. The lowest BCUT2D eigenvalue weighted by atomic mass is 10.1. The highest BCUT2D eigenvalue weighted by Gasteiger charge is 2.14. The van der Waals surface area contributed by atoms with E-state index in [0.717, 1.165) is 22.4 Å². The zero-order valence-electron chi connectivity index (χ0n) is 9.95. The van der Waals surface area contributed by atoms with Gasteiger partial charge in [0, 0.05) is 4.47 Å². The molecule has 1 unspecified atom stereocenters. The Labute approximate surface area is 113 Å². The van der Waals surface area contributed by atoms with Crippen molar-refractivity contribution in [3.63, 3.8) is 0 Å². The second-order valence-corrected chi connectivity index (χ2v) is 4.88. The van der Waals surface area contributed by atoms with Gasteiger partial charge in [0.25, 0.3) is 0 Å². The van der Waals surface area contributed by atoms with Gasteiger partial charge < -0.3 is 5.32 Å². The first-order valence-electron chi connectivity index (χ1n) is 5.72. The van der Waals surface area contributed by atoms with E-state index in [1.165, 1.54) is 18.5 Å². The van der Waals surface area contributed by atoms with E-state index in [1.54, 1.807) is 0 Å². The van der Waals surface area contributed by atoms with Gasteiger partial charge in [-0.2, -0.15) is 5.10 Å². The van der Waals surface area contributed by atoms with E-state index < -0.39 is 0 Å². The van der Waals surface area contributed by atoms with Gasteiger partial charge in [0.15, 0.2) is 0 Å². The molecule has 1 aromatic carbocycles. The van der Waals surface area contributed by atoms with Crippen molar-refractivity contribution in [2.45, 2.75) is 19.4 Å². The molecule has 1 aromatic heterocycles. The average molecular weight is 313 g/mol. The van der Waals surface area contributed by atoms with Gasteiger partial charge in [-0.05, 0) is 36.7 Å². The lowest BCUT2D eigenvalue weighted by Crippen LogP contribution is -2.24. The van der Waals surface area contributed by atoms with Crippen LogP contribution in [-0.2, 0) is 6.42 Å². The van der Waals surface area contributed by atoms with Gasteiger partial charge in [0.05, 0.1) is 6.04 Å². The van der Waals surface area contributed by atoms with Gasteiger partial charge in [0.2, 0.25) is 0 Å².